The Morgan fingerprint density at radius 3 is 2.74 bits per heavy atom. The number of hydrogen-bond donors (Lipinski definition) is 1. The molecule has 1 aromatic carbocycles. The summed E-state index contributed by atoms with van der Waals surface area (Å²) in [7, 11) is 5.48. The number of carbonyl (C=O) groups is 1. The maximum atomic E-state index is 13.0. The molecule has 0 bridgehead atoms. The monoisotopic (exact) mass is 336 g/mol. The van der Waals surface area contributed by atoms with Crippen LogP contribution in [-0.4, -0.2) is 60.0 Å². The van der Waals surface area contributed by atoms with Gasteiger partial charge in [0.25, 0.3) is 5.91 Å². The van der Waals surface area contributed by atoms with Crippen LogP contribution in [-0.2, 0) is 6.54 Å². The van der Waals surface area contributed by atoms with Crippen molar-refractivity contribution in [1.29, 1.82) is 0 Å². The van der Waals surface area contributed by atoms with Crippen LogP contribution in [0.2, 0.25) is 5.02 Å². The van der Waals surface area contributed by atoms with Gasteiger partial charge in [0.05, 0.1) is 31.2 Å². The fourth-order valence-electron chi connectivity index (χ4n) is 2.17. The number of nitrogens with one attached hydrogen (secondary N) is 1. The molecule has 1 amide bonds. The summed E-state index contributed by atoms with van der Waals surface area (Å²) in [6, 6.07) is 5.05. The highest BCUT2D eigenvalue weighted by Crippen LogP contribution is 2.24. The van der Waals surface area contributed by atoms with Crippen LogP contribution in [0.25, 0.3) is 0 Å². The summed E-state index contributed by atoms with van der Waals surface area (Å²) in [5, 5.41) is 0.503. The van der Waals surface area contributed by atoms with Gasteiger partial charge in [-0.25, -0.2) is 4.98 Å². The fraction of sp³-hybridized carbons (Fsp3) is 0.375. The van der Waals surface area contributed by atoms with E-state index in [4.69, 9.17) is 16.3 Å². The standard InChI is InChI=1S/C16H21ClN4O2/c1-20(2)6-7-21(10-13-9-18-11-19-13)16(22)14-8-12(17)4-5-15(14)23-3/h4-5,8-9,11H,6-7,10H2,1-3H3,(H,18,19). The summed E-state index contributed by atoms with van der Waals surface area (Å²) in [5.74, 6) is 0.389. The van der Waals surface area contributed by atoms with Crippen molar-refractivity contribution in [2.75, 3.05) is 34.3 Å². The maximum absolute atomic E-state index is 13.0. The van der Waals surface area contributed by atoms with Crippen LogP contribution in [0, 0.1) is 0 Å². The van der Waals surface area contributed by atoms with Gasteiger partial charge in [0.15, 0.2) is 0 Å². The molecule has 0 aliphatic rings. The second-order valence-electron chi connectivity index (χ2n) is 5.45. The molecule has 1 N–H and O–H groups in total. The van der Waals surface area contributed by atoms with Gasteiger partial charge >= 0.3 is 0 Å². The highest BCUT2D eigenvalue weighted by atomic mass is 35.5. The summed E-state index contributed by atoms with van der Waals surface area (Å²) >= 11 is 6.04. The molecule has 0 aliphatic carbocycles. The summed E-state index contributed by atoms with van der Waals surface area (Å²) in [6.45, 7) is 1.78. The van der Waals surface area contributed by atoms with E-state index in [-0.39, 0.29) is 5.91 Å². The van der Waals surface area contributed by atoms with E-state index >= 15 is 0 Å². The number of benzene rings is 1. The molecule has 0 aliphatic heterocycles. The molecule has 0 unspecified atom stereocenters. The molecule has 1 aromatic heterocycles. The highest BCUT2D eigenvalue weighted by Gasteiger charge is 2.21. The number of hydrogen-bond acceptors (Lipinski definition) is 4. The number of aromatic nitrogens is 2. The van der Waals surface area contributed by atoms with Gasteiger partial charge in [0.2, 0.25) is 0 Å². The van der Waals surface area contributed by atoms with E-state index in [1.54, 1.807) is 42.7 Å². The number of ether oxygens (including phenoxy) is 1. The summed E-state index contributed by atoms with van der Waals surface area (Å²) in [4.78, 5) is 23.8. The van der Waals surface area contributed by atoms with E-state index < -0.39 is 0 Å². The number of rotatable bonds is 7. The van der Waals surface area contributed by atoms with Gasteiger partial charge in [-0.15, -0.1) is 0 Å². The number of methoxy groups -OCH3 is 1. The molecular formula is C16H21ClN4O2. The Morgan fingerprint density at radius 1 is 1.35 bits per heavy atom. The predicted molar refractivity (Wildman–Crippen MR) is 89.9 cm³/mol. The molecular weight excluding hydrogens is 316 g/mol. The van der Waals surface area contributed by atoms with Crippen LogP contribution >= 0.6 is 11.6 Å². The number of imidazole rings is 1. The first-order valence-electron chi connectivity index (χ1n) is 7.26. The minimum atomic E-state index is -0.124. The summed E-state index contributed by atoms with van der Waals surface area (Å²) in [5.41, 5.74) is 1.33. The lowest BCUT2D eigenvalue weighted by Gasteiger charge is -2.24. The second kappa shape index (κ2) is 7.99. The fourth-order valence-corrected chi connectivity index (χ4v) is 2.34. The van der Waals surface area contributed by atoms with E-state index in [0.29, 0.717) is 29.4 Å². The lowest BCUT2D eigenvalue weighted by atomic mass is 10.1. The van der Waals surface area contributed by atoms with E-state index in [1.165, 1.54) is 0 Å². The van der Waals surface area contributed by atoms with E-state index in [9.17, 15) is 4.79 Å². The SMILES string of the molecule is COc1ccc(Cl)cc1C(=O)N(CCN(C)C)Cc1cnc[nH]1. The number of nitrogens with zero attached hydrogens (tertiary/aromatic N) is 3. The first-order valence-corrected chi connectivity index (χ1v) is 7.64. The molecule has 6 nitrogen and oxygen atoms in total. The highest BCUT2D eigenvalue weighted by molar-refractivity contribution is 6.31. The average Bonchev–Trinajstić information content (AvgIpc) is 3.03. The Morgan fingerprint density at radius 2 is 2.13 bits per heavy atom. The van der Waals surface area contributed by atoms with Crippen LogP contribution in [0.1, 0.15) is 16.1 Å². The first kappa shape index (κ1) is 17.3. The topological polar surface area (TPSA) is 61.5 Å². The molecule has 0 atom stereocenters. The quantitative estimate of drug-likeness (QED) is 0.842. The van der Waals surface area contributed by atoms with Gasteiger partial charge < -0.3 is 19.5 Å². The lowest BCUT2D eigenvalue weighted by molar-refractivity contribution is 0.0726. The minimum Gasteiger partial charge on any atom is -0.496 e. The van der Waals surface area contributed by atoms with Crippen molar-refractivity contribution in [3.8, 4) is 5.75 Å². The molecule has 124 valence electrons. The Balaban J connectivity index is 2.26. The zero-order chi connectivity index (χ0) is 16.8. The van der Waals surface area contributed by atoms with Gasteiger partial charge in [0, 0.05) is 24.3 Å². The van der Waals surface area contributed by atoms with Crippen molar-refractivity contribution < 1.29 is 9.53 Å². The van der Waals surface area contributed by atoms with E-state index in [2.05, 4.69) is 9.97 Å². The van der Waals surface area contributed by atoms with Crippen molar-refractivity contribution in [1.82, 2.24) is 19.8 Å². The second-order valence-corrected chi connectivity index (χ2v) is 5.89. The molecule has 2 rings (SSSR count). The normalized spacial score (nSPS) is 10.8. The third-order valence-electron chi connectivity index (χ3n) is 3.41. The molecule has 23 heavy (non-hydrogen) atoms. The smallest absolute Gasteiger partial charge is 0.258 e. The van der Waals surface area contributed by atoms with E-state index in [1.807, 2.05) is 19.0 Å². The Bertz CT molecular complexity index is 644. The number of H-pyrrole nitrogens is 1. The number of aromatic amines is 1. The van der Waals surface area contributed by atoms with Crippen molar-refractivity contribution in [3.05, 3.63) is 47.0 Å². The molecule has 2 aromatic rings. The molecule has 0 fully saturated rings. The van der Waals surface area contributed by atoms with E-state index in [0.717, 1.165) is 12.2 Å². The molecule has 0 saturated heterocycles. The zero-order valence-corrected chi connectivity index (χ0v) is 14.3. The van der Waals surface area contributed by atoms with Gasteiger partial charge in [-0.3, -0.25) is 4.79 Å². The number of halogens is 1. The van der Waals surface area contributed by atoms with Crippen LogP contribution in [0.5, 0.6) is 5.75 Å². The van der Waals surface area contributed by atoms with Crippen molar-refractivity contribution in [2.24, 2.45) is 0 Å². The maximum Gasteiger partial charge on any atom is 0.258 e. The third-order valence-corrected chi connectivity index (χ3v) is 3.65. The Hall–Kier alpha value is -2.05. The number of likely N-dealkylation sites (N-methyl/N-ethyl adjacent to an activating group) is 1. The van der Waals surface area contributed by atoms with Crippen molar-refractivity contribution >= 4 is 17.5 Å². The Labute approximate surface area is 141 Å². The number of carbonyl (C=O) groups excluding carboxylic acids is 1. The molecule has 0 spiro atoms. The molecule has 0 radical (unpaired) electrons. The first-order chi connectivity index (χ1) is 11.0. The minimum absolute atomic E-state index is 0.124. The molecule has 1 heterocycles. The van der Waals surface area contributed by atoms with Gasteiger partial charge in [-0.2, -0.15) is 0 Å². The van der Waals surface area contributed by atoms with Gasteiger partial charge in [-0.05, 0) is 32.3 Å². The largest absolute Gasteiger partial charge is 0.496 e. The molecule has 0 saturated carbocycles. The third kappa shape index (κ3) is 4.71. The van der Waals surface area contributed by atoms with Crippen molar-refractivity contribution in [2.45, 2.75) is 6.54 Å². The van der Waals surface area contributed by atoms with Crippen LogP contribution in [0.3, 0.4) is 0 Å². The van der Waals surface area contributed by atoms with Gasteiger partial charge in [-0.1, -0.05) is 11.6 Å². The van der Waals surface area contributed by atoms with Crippen LogP contribution in [0.4, 0.5) is 0 Å². The average molecular weight is 337 g/mol. The summed E-state index contributed by atoms with van der Waals surface area (Å²) in [6.07, 6.45) is 3.31. The zero-order valence-electron chi connectivity index (χ0n) is 13.5. The predicted octanol–water partition coefficient (Wildman–Crippen LogP) is 2.28. The van der Waals surface area contributed by atoms with Crippen LogP contribution < -0.4 is 4.74 Å². The summed E-state index contributed by atoms with van der Waals surface area (Å²) < 4.78 is 5.30. The Kier molecular flexibility index (Phi) is 6.01. The molecule has 7 heteroatoms. The van der Waals surface area contributed by atoms with Gasteiger partial charge in [0.1, 0.15) is 5.75 Å². The van der Waals surface area contributed by atoms with Crippen LogP contribution in [0.15, 0.2) is 30.7 Å². The lowest BCUT2D eigenvalue weighted by Crippen LogP contribution is -2.36. The van der Waals surface area contributed by atoms with Crippen molar-refractivity contribution in [3.63, 3.8) is 0 Å². The number of amides is 1.